The van der Waals surface area contributed by atoms with Gasteiger partial charge >= 0.3 is 0 Å². The van der Waals surface area contributed by atoms with Gasteiger partial charge in [0.05, 0.1) is 24.0 Å². The van der Waals surface area contributed by atoms with Gasteiger partial charge in [0.1, 0.15) is 5.69 Å². The first-order chi connectivity index (χ1) is 14.5. The molecule has 0 unspecified atom stereocenters. The van der Waals surface area contributed by atoms with Gasteiger partial charge in [0.15, 0.2) is 5.13 Å². The average Bonchev–Trinajstić information content (AvgIpc) is 3.43. The van der Waals surface area contributed by atoms with Gasteiger partial charge in [-0.15, -0.1) is 22.9 Å². The molecule has 0 spiro atoms. The topological polar surface area (TPSA) is 83.6 Å². The van der Waals surface area contributed by atoms with Gasteiger partial charge in [-0.25, -0.2) is 4.98 Å². The number of ether oxygens (including phenoxy) is 1. The fraction of sp³-hybridized carbons (Fsp3) is 0.450. The molecule has 30 heavy (non-hydrogen) atoms. The Bertz CT molecular complexity index is 895. The van der Waals surface area contributed by atoms with Crippen molar-refractivity contribution in [2.45, 2.75) is 24.8 Å². The lowest BCUT2D eigenvalue weighted by Crippen LogP contribution is -2.26. The molecular weight excluding hydrogens is 431 g/mol. The molecule has 10 heteroatoms. The van der Waals surface area contributed by atoms with Crippen molar-refractivity contribution in [2.75, 3.05) is 43.6 Å². The second-order valence-electron chi connectivity index (χ2n) is 6.87. The summed E-state index contributed by atoms with van der Waals surface area (Å²) in [6.07, 6.45) is 1.32. The van der Waals surface area contributed by atoms with Crippen molar-refractivity contribution < 1.29 is 18.7 Å². The van der Waals surface area contributed by atoms with E-state index in [2.05, 4.69) is 20.5 Å². The Morgan fingerprint density at radius 3 is 2.93 bits per heavy atom. The smallest absolute Gasteiger partial charge is 0.275 e. The minimum Gasteiger partial charge on any atom is -0.380 e. The van der Waals surface area contributed by atoms with Crippen molar-refractivity contribution in [3.63, 3.8) is 0 Å². The number of anilines is 2. The number of nitrogens with zero attached hydrogens (tertiary/aromatic N) is 2. The van der Waals surface area contributed by atoms with Crippen molar-refractivity contribution in [2.24, 2.45) is 0 Å². The first kappa shape index (κ1) is 22.5. The maximum Gasteiger partial charge on any atom is 0.275 e. The Morgan fingerprint density at radius 1 is 1.40 bits per heavy atom. The van der Waals surface area contributed by atoms with Crippen molar-refractivity contribution in [1.82, 2.24) is 10.3 Å². The fourth-order valence-electron chi connectivity index (χ4n) is 3.13. The molecule has 1 atom stereocenters. The summed E-state index contributed by atoms with van der Waals surface area (Å²) in [7, 11) is 1.69. The van der Waals surface area contributed by atoms with Crippen LogP contribution in [0.4, 0.5) is 15.2 Å². The van der Waals surface area contributed by atoms with Crippen LogP contribution < -0.4 is 15.5 Å². The van der Waals surface area contributed by atoms with Crippen LogP contribution >= 0.6 is 22.9 Å². The van der Waals surface area contributed by atoms with Crippen LogP contribution in [-0.2, 0) is 10.6 Å². The molecular formula is C20H24ClFN4O3S. The highest BCUT2D eigenvalue weighted by Gasteiger charge is 2.25. The molecule has 1 aliphatic rings. The fourth-order valence-corrected chi connectivity index (χ4v) is 4.14. The monoisotopic (exact) mass is 454 g/mol. The van der Waals surface area contributed by atoms with E-state index in [-0.39, 0.29) is 36.2 Å². The molecule has 1 aromatic heterocycles. The number of nitrogens with one attached hydrogen (secondary N) is 2. The van der Waals surface area contributed by atoms with Crippen LogP contribution in [0.5, 0.6) is 0 Å². The van der Waals surface area contributed by atoms with E-state index in [0.29, 0.717) is 5.69 Å². The first-order valence-electron chi connectivity index (χ1n) is 9.63. The maximum absolute atomic E-state index is 12.7. The molecule has 2 heterocycles. The van der Waals surface area contributed by atoms with Gasteiger partial charge in [-0.3, -0.25) is 14.0 Å². The van der Waals surface area contributed by atoms with Gasteiger partial charge < -0.3 is 20.3 Å². The van der Waals surface area contributed by atoms with Crippen LogP contribution in [0, 0.1) is 0 Å². The van der Waals surface area contributed by atoms with Crippen molar-refractivity contribution in [3.05, 3.63) is 40.4 Å². The molecule has 2 amide bonds. The van der Waals surface area contributed by atoms with Crippen molar-refractivity contribution in [3.8, 4) is 0 Å². The molecule has 1 aliphatic heterocycles. The molecule has 1 saturated heterocycles. The molecule has 1 aromatic carbocycles. The third kappa shape index (κ3) is 5.47. The van der Waals surface area contributed by atoms with Crippen LogP contribution in [0.15, 0.2) is 23.6 Å². The molecule has 1 fully saturated rings. The average molecular weight is 455 g/mol. The highest BCUT2D eigenvalue weighted by atomic mass is 35.5. The number of carbonyl (C=O) groups is 2. The van der Waals surface area contributed by atoms with E-state index in [1.54, 1.807) is 30.7 Å². The number of aromatic nitrogens is 1. The van der Waals surface area contributed by atoms with E-state index in [1.807, 2.05) is 0 Å². The minimum atomic E-state index is -0.514. The lowest BCUT2D eigenvalue weighted by atomic mass is 10.1. The number of halogens is 2. The first-order valence-corrected chi connectivity index (χ1v) is 11.0. The highest BCUT2D eigenvalue weighted by molar-refractivity contribution is 7.14. The zero-order valence-corrected chi connectivity index (χ0v) is 18.2. The number of amides is 2. The molecule has 2 N–H and O–H groups in total. The molecule has 0 radical (unpaired) electrons. The quantitative estimate of drug-likeness (QED) is 0.448. The van der Waals surface area contributed by atoms with E-state index in [9.17, 15) is 14.0 Å². The number of benzene rings is 1. The number of hydrogen-bond donors (Lipinski definition) is 2. The standard InChI is InChI=1S/C20H24ClFN4O3S/c1-29-14-5-8-26(11-14)20-25-17(12-30-20)19(28)24-16-4-3-13(10-21)9-15(16)18(27)23-7-2-6-22/h3-4,9,12,14H,2,5-8,10-11H2,1H3,(H,23,27)(H,24,28)/t14-/m0/s1. The van der Waals surface area contributed by atoms with E-state index >= 15 is 0 Å². The van der Waals surface area contributed by atoms with Crippen LogP contribution in [0.1, 0.15) is 39.3 Å². The predicted molar refractivity (Wildman–Crippen MR) is 117 cm³/mol. The molecule has 0 bridgehead atoms. The Labute approximate surface area is 183 Å². The summed E-state index contributed by atoms with van der Waals surface area (Å²) in [4.78, 5) is 31.8. The van der Waals surface area contributed by atoms with E-state index in [1.165, 1.54) is 11.3 Å². The van der Waals surface area contributed by atoms with E-state index in [0.717, 1.165) is 30.2 Å². The Morgan fingerprint density at radius 2 is 2.23 bits per heavy atom. The Balaban J connectivity index is 1.72. The number of alkyl halides is 2. The van der Waals surface area contributed by atoms with Gasteiger partial charge in [0.2, 0.25) is 0 Å². The SMILES string of the molecule is CO[C@H]1CCN(c2nc(C(=O)Nc3ccc(CCl)cc3C(=O)NCCCF)cs2)C1. The third-order valence-corrected chi connectivity index (χ3v) is 6.01. The predicted octanol–water partition coefficient (Wildman–Crippen LogP) is 3.45. The normalized spacial score (nSPS) is 16.0. The summed E-state index contributed by atoms with van der Waals surface area (Å²) >= 11 is 7.27. The molecule has 3 rings (SSSR count). The Hall–Kier alpha value is -2.23. The zero-order valence-electron chi connectivity index (χ0n) is 16.6. The lowest BCUT2D eigenvalue weighted by molar-refractivity contribution is 0.0953. The van der Waals surface area contributed by atoms with Gasteiger partial charge in [-0.1, -0.05) is 6.07 Å². The van der Waals surface area contributed by atoms with Crippen molar-refractivity contribution in [1.29, 1.82) is 0 Å². The van der Waals surface area contributed by atoms with Crippen LogP contribution in [-0.4, -0.2) is 56.3 Å². The summed E-state index contributed by atoms with van der Waals surface area (Å²) in [6.45, 7) is 1.27. The van der Waals surface area contributed by atoms with Crippen LogP contribution in [0.2, 0.25) is 0 Å². The van der Waals surface area contributed by atoms with Gasteiger partial charge in [-0.05, 0) is 30.5 Å². The molecule has 0 saturated carbocycles. The van der Waals surface area contributed by atoms with E-state index < -0.39 is 18.5 Å². The minimum absolute atomic E-state index is 0.171. The molecule has 2 aromatic rings. The summed E-state index contributed by atoms with van der Waals surface area (Å²) in [5, 5.41) is 7.87. The van der Waals surface area contributed by atoms with Gasteiger partial charge in [0, 0.05) is 38.0 Å². The summed E-state index contributed by atoms with van der Waals surface area (Å²) in [6, 6.07) is 4.99. The molecule has 162 valence electrons. The lowest BCUT2D eigenvalue weighted by Gasteiger charge is -2.14. The summed E-state index contributed by atoms with van der Waals surface area (Å²) in [5.74, 6) is -0.573. The number of thiazole rings is 1. The zero-order chi connectivity index (χ0) is 21.5. The van der Waals surface area contributed by atoms with Gasteiger partial charge in [0.25, 0.3) is 11.8 Å². The number of carbonyl (C=O) groups excluding carboxylic acids is 2. The van der Waals surface area contributed by atoms with Crippen LogP contribution in [0.3, 0.4) is 0 Å². The third-order valence-electron chi connectivity index (χ3n) is 4.80. The van der Waals surface area contributed by atoms with Gasteiger partial charge in [-0.2, -0.15) is 0 Å². The second-order valence-corrected chi connectivity index (χ2v) is 7.98. The molecule has 0 aliphatic carbocycles. The number of methoxy groups -OCH3 is 1. The second kappa shape index (κ2) is 10.7. The largest absolute Gasteiger partial charge is 0.380 e. The van der Waals surface area contributed by atoms with E-state index in [4.69, 9.17) is 16.3 Å². The summed E-state index contributed by atoms with van der Waals surface area (Å²) in [5.41, 5.74) is 1.64. The van der Waals surface area contributed by atoms with Crippen molar-refractivity contribution >= 4 is 45.6 Å². The summed E-state index contributed by atoms with van der Waals surface area (Å²) < 4.78 is 17.7. The van der Waals surface area contributed by atoms with Crippen LogP contribution in [0.25, 0.3) is 0 Å². The Kier molecular flexibility index (Phi) is 8.01. The number of rotatable bonds is 9. The molecule has 7 nitrogen and oxygen atoms in total. The maximum atomic E-state index is 12.7. The highest BCUT2D eigenvalue weighted by Crippen LogP contribution is 2.26. The number of hydrogen-bond acceptors (Lipinski definition) is 6.